The van der Waals surface area contributed by atoms with Crippen molar-refractivity contribution in [3.63, 3.8) is 0 Å². The Morgan fingerprint density at radius 1 is 0.700 bits per heavy atom. The summed E-state index contributed by atoms with van der Waals surface area (Å²) in [6, 6.07) is 7.39. The Kier molecular flexibility index (Phi) is 7.26. The van der Waals surface area contributed by atoms with E-state index < -0.39 is 0 Å². The molecule has 2 aromatic carbocycles. The summed E-state index contributed by atoms with van der Waals surface area (Å²) in [6.45, 7) is 14.0. The zero-order chi connectivity index (χ0) is 22.9. The van der Waals surface area contributed by atoms with Gasteiger partial charge in [0.25, 0.3) is 0 Å². The van der Waals surface area contributed by atoms with Crippen LogP contribution in [0.2, 0.25) is 0 Å². The van der Waals surface area contributed by atoms with Gasteiger partial charge in [-0.1, -0.05) is 54.9 Å². The third-order valence-corrected chi connectivity index (χ3v) is 5.71. The van der Waals surface area contributed by atoms with Crippen molar-refractivity contribution < 1.29 is 20.4 Å². The first-order valence-electron chi connectivity index (χ1n) is 10.8. The molecule has 4 N–H and O–H groups in total. The number of phenols is 2. The highest BCUT2D eigenvalue weighted by Gasteiger charge is 2.29. The first-order chi connectivity index (χ1) is 13.8. The second-order valence-corrected chi connectivity index (χ2v) is 10.3. The van der Waals surface area contributed by atoms with Crippen molar-refractivity contribution >= 4 is 0 Å². The molecule has 4 heteroatoms. The zero-order valence-electron chi connectivity index (χ0n) is 19.5. The van der Waals surface area contributed by atoms with Crippen LogP contribution < -0.4 is 0 Å². The minimum Gasteiger partial charge on any atom is -0.507 e. The fourth-order valence-electron chi connectivity index (χ4n) is 4.06. The third kappa shape index (κ3) is 4.98. The minimum atomic E-state index is -0.299. The SMILES string of the molecule is CCCC(c1cc(CO)cc(C(C)(C)C)c1O)c1cc(CO)cc(C(C)(C)C)c1O. The van der Waals surface area contributed by atoms with Crippen LogP contribution in [0.1, 0.15) is 101 Å². The van der Waals surface area contributed by atoms with E-state index in [1.165, 1.54) is 0 Å². The van der Waals surface area contributed by atoms with E-state index in [0.717, 1.165) is 35.1 Å². The van der Waals surface area contributed by atoms with Crippen LogP contribution in [0.25, 0.3) is 0 Å². The highest BCUT2D eigenvalue weighted by molar-refractivity contribution is 5.56. The summed E-state index contributed by atoms with van der Waals surface area (Å²) in [6.07, 6.45) is 1.57. The lowest BCUT2D eigenvalue weighted by Crippen LogP contribution is -2.16. The van der Waals surface area contributed by atoms with Crippen LogP contribution >= 0.6 is 0 Å². The lowest BCUT2D eigenvalue weighted by Gasteiger charge is -2.29. The predicted octanol–water partition coefficient (Wildman–Crippen LogP) is 5.61. The van der Waals surface area contributed by atoms with E-state index in [1.807, 2.05) is 65.8 Å². The Bertz CT molecular complexity index is 814. The third-order valence-electron chi connectivity index (χ3n) is 5.71. The van der Waals surface area contributed by atoms with Crippen molar-refractivity contribution in [1.29, 1.82) is 0 Å². The summed E-state index contributed by atoms with van der Waals surface area (Å²) in [5, 5.41) is 42.2. The molecule has 0 fully saturated rings. The monoisotopic (exact) mass is 414 g/mol. The van der Waals surface area contributed by atoms with Crippen molar-refractivity contribution in [2.75, 3.05) is 0 Å². The number of rotatable bonds is 6. The molecule has 30 heavy (non-hydrogen) atoms. The lowest BCUT2D eigenvalue weighted by molar-refractivity contribution is 0.281. The van der Waals surface area contributed by atoms with E-state index in [2.05, 4.69) is 6.92 Å². The highest BCUT2D eigenvalue weighted by atomic mass is 16.3. The normalized spacial score (nSPS) is 12.6. The van der Waals surface area contributed by atoms with Gasteiger partial charge in [0.15, 0.2) is 0 Å². The standard InChI is InChI=1S/C26H38O4/c1-8-9-18(19-10-16(14-27)12-21(23(19)29)25(2,3)4)20-11-17(15-28)13-22(24(20)30)26(5,6)7/h10-13,18,27-30H,8-9,14-15H2,1-7H3. The number of hydrogen-bond donors (Lipinski definition) is 4. The summed E-state index contributed by atoms with van der Waals surface area (Å²) < 4.78 is 0. The van der Waals surface area contributed by atoms with Gasteiger partial charge >= 0.3 is 0 Å². The van der Waals surface area contributed by atoms with Gasteiger partial charge in [0.2, 0.25) is 0 Å². The molecule has 2 rings (SSSR count). The van der Waals surface area contributed by atoms with Gasteiger partial charge < -0.3 is 20.4 Å². The second-order valence-electron chi connectivity index (χ2n) is 10.3. The molecule has 0 atom stereocenters. The summed E-state index contributed by atoms with van der Waals surface area (Å²) in [7, 11) is 0. The highest BCUT2D eigenvalue weighted by Crippen LogP contribution is 2.46. The Hall–Kier alpha value is -2.04. The van der Waals surface area contributed by atoms with Crippen molar-refractivity contribution in [2.24, 2.45) is 0 Å². The summed E-state index contributed by atoms with van der Waals surface area (Å²) >= 11 is 0. The molecule has 0 heterocycles. The molecular weight excluding hydrogens is 376 g/mol. The smallest absolute Gasteiger partial charge is 0.123 e. The topological polar surface area (TPSA) is 80.9 Å². The molecular formula is C26H38O4. The second kappa shape index (κ2) is 8.99. The van der Waals surface area contributed by atoms with Gasteiger partial charge in [-0.25, -0.2) is 0 Å². The van der Waals surface area contributed by atoms with Gasteiger partial charge in [-0.3, -0.25) is 0 Å². The number of aliphatic hydroxyl groups excluding tert-OH is 2. The minimum absolute atomic E-state index is 0.120. The molecule has 0 spiro atoms. The molecule has 0 aromatic heterocycles. The Balaban J connectivity index is 2.85. The maximum absolute atomic E-state index is 11.2. The van der Waals surface area contributed by atoms with E-state index in [9.17, 15) is 20.4 Å². The molecule has 166 valence electrons. The molecule has 0 amide bonds. The van der Waals surface area contributed by atoms with Crippen molar-refractivity contribution in [3.05, 3.63) is 57.6 Å². The van der Waals surface area contributed by atoms with Gasteiger partial charge in [-0.15, -0.1) is 0 Å². The molecule has 0 radical (unpaired) electrons. The van der Waals surface area contributed by atoms with E-state index in [-0.39, 0.29) is 41.5 Å². The van der Waals surface area contributed by atoms with Crippen LogP contribution in [-0.4, -0.2) is 20.4 Å². The summed E-state index contributed by atoms with van der Waals surface area (Å²) in [5.41, 5.74) is 3.85. The van der Waals surface area contributed by atoms with Gasteiger partial charge in [-0.2, -0.15) is 0 Å². The Labute approximate surface area is 181 Å². The van der Waals surface area contributed by atoms with Crippen LogP contribution in [-0.2, 0) is 24.0 Å². The van der Waals surface area contributed by atoms with E-state index in [4.69, 9.17) is 0 Å². The molecule has 0 aliphatic carbocycles. The van der Waals surface area contributed by atoms with Crippen LogP contribution in [0.3, 0.4) is 0 Å². The zero-order valence-corrected chi connectivity index (χ0v) is 19.5. The van der Waals surface area contributed by atoms with Crippen LogP contribution in [0.5, 0.6) is 11.5 Å². The van der Waals surface area contributed by atoms with E-state index in [1.54, 1.807) is 0 Å². The summed E-state index contributed by atoms with van der Waals surface area (Å²) in [5.74, 6) is 0.170. The van der Waals surface area contributed by atoms with Crippen LogP contribution in [0, 0.1) is 0 Å². The number of aromatic hydroxyl groups is 2. The van der Waals surface area contributed by atoms with E-state index in [0.29, 0.717) is 11.1 Å². The fraction of sp³-hybridized carbons (Fsp3) is 0.538. The summed E-state index contributed by atoms with van der Waals surface area (Å²) in [4.78, 5) is 0. The lowest BCUT2D eigenvalue weighted by atomic mass is 9.77. The van der Waals surface area contributed by atoms with E-state index >= 15 is 0 Å². The Morgan fingerprint density at radius 2 is 1.07 bits per heavy atom. The van der Waals surface area contributed by atoms with Gasteiger partial charge in [-0.05, 0) is 63.8 Å². The van der Waals surface area contributed by atoms with Crippen molar-refractivity contribution in [1.82, 2.24) is 0 Å². The molecule has 0 saturated heterocycles. The maximum atomic E-state index is 11.2. The molecule has 0 saturated carbocycles. The number of phenolic OH excluding ortho intramolecular Hbond substituents is 2. The molecule has 4 nitrogen and oxygen atoms in total. The van der Waals surface area contributed by atoms with Crippen LogP contribution in [0.4, 0.5) is 0 Å². The van der Waals surface area contributed by atoms with Crippen molar-refractivity contribution in [3.8, 4) is 11.5 Å². The number of benzene rings is 2. The Morgan fingerprint density at radius 3 is 1.33 bits per heavy atom. The average Bonchev–Trinajstić information content (AvgIpc) is 2.65. The largest absolute Gasteiger partial charge is 0.507 e. The van der Waals surface area contributed by atoms with Crippen molar-refractivity contribution in [2.45, 2.75) is 91.3 Å². The number of aliphatic hydroxyl groups is 2. The van der Waals surface area contributed by atoms with Gasteiger partial charge in [0, 0.05) is 17.0 Å². The molecule has 0 aliphatic rings. The predicted molar refractivity (Wildman–Crippen MR) is 122 cm³/mol. The van der Waals surface area contributed by atoms with Gasteiger partial charge in [0.1, 0.15) is 11.5 Å². The molecule has 0 aliphatic heterocycles. The molecule has 0 bridgehead atoms. The van der Waals surface area contributed by atoms with Crippen LogP contribution in [0.15, 0.2) is 24.3 Å². The quantitative estimate of drug-likeness (QED) is 0.495. The first kappa shape index (κ1) is 24.2. The molecule has 0 unspecified atom stereocenters. The average molecular weight is 415 g/mol. The fourth-order valence-corrected chi connectivity index (χ4v) is 4.06. The maximum Gasteiger partial charge on any atom is 0.123 e. The first-order valence-corrected chi connectivity index (χ1v) is 10.8. The van der Waals surface area contributed by atoms with Gasteiger partial charge in [0.05, 0.1) is 13.2 Å². The molecule has 2 aromatic rings. The number of hydrogen-bond acceptors (Lipinski definition) is 4.